The zero-order valence-corrected chi connectivity index (χ0v) is 42.3. The number of rotatable bonds is 10. The van der Waals surface area contributed by atoms with Gasteiger partial charge in [-0.15, -0.1) is 0 Å². The average Bonchev–Trinajstić information content (AvgIpc) is 3.45. The van der Waals surface area contributed by atoms with Crippen LogP contribution in [-0.4, -0.2) is 376 Å². The molecule has 0 radical (unpaired) electrons. The summed E-state index contributed by atoms with van der Waals surface area (Å²) in [6.07, 6.45) is -69.1. The summed E-state index contributed by atoms with van der Waals surface area (Å²) >= 11 is 0. The van der Waals surface area contributed by atoms with E-state index < -0.39 is 255 Å². The van der Waals surface area contributed by atoms with Gasteiger partial charge in [0.15, 0.2) is 44.0 Å². The number of aliphatic hydroxyl groups excluding tert-OH is 20. The number of ether oxygens (including phenoxy) is 14. The van der Waals surface area contributed by atoms with Crippen LogP contribution in [0.2, 0.25) is 0 Å². The normalized spacial score (nSPS) is 53.7. The van der Waals surface area contributed by atoms with Crippen LogP contribution in [0.1, 0.15) is 0 Å². The molecule has 0 saturated carbocycles. The Bertz CT molecular complexity index is 1880. The fourth-order valence-corrected chi connectivity index (χ4v) is 10.8. The third-order valence-corrected chi connectivity index (χ3v) is 15.3. The molecule has 21 aliphatic heterocycles. The van der Waals surface area contributed by atoms with Crippen molar-refractivity contribution in [3.05, 3.63) is 0 Å². The molecule has 35 unspecified atom stereocenters. The van der Waals surface area contributed by atoms with E-state index in [1.165, 1.54) is 0 Å². The van der Waals surface area contributed by atoms with Crippen LogP contribution in [0.25, 0.3) is 0 Å². The van der Waals surface area contributed by atoms with Crippen molar-refractivity contribution in [2.45, 2.75) is 215 Å². The van der Waals surface area contributed by atoms with Crippen LogP contribution >= 0.6 is 0 Å². The molecule has 35 atom stereocenters. The van der Waals surface area contributed by atoms with E-state index in [1.807, 2.05) is 0 Å². The Balaban J connectivity index is 1.09. The first-order chi connectivity index (χ1) is 38.2. The van der Waals surface area contributed by atoms with Crippen molar-refractivity contribution in [1.29, 1.82) is 0 Å². The highest BCUT2D eigenvalue weighted by Crippen LogP contribution is 2.39. The minimum Gasteiger partial charge on any atom is -0.394 e. The molecule has 0 aromatic rings. The Morgan fingerprint density at radius 3 is 0.562 bits per heavy atom. The first-order valence-electron chi connectivity index (χ1n) is 25.9. The van der Waals surface area contributed by atoms with E-state index in [9.17, 15) is 102 Å². The van der Waals surface area contributed by atoms with Gasteiger partial charge >= 0.3 is 0 Å². The highest BCUT2D eigenvalue weighted by molar-refractivity contribution is 5.02. The van der Waals surface area contributed by atoms with E-state index in [4.69, 9.17) is 72.0 Å². The molecule has 0 spiro atoms. The van der Waals surface area contributed by atoms with E-state index in [-0.39, 0.29) is 19.6 Å². The van der Waals surface area contributed by atoms with Crippen molar-refractivity contribution >= 4 is 0 Å². The molecule has 21 rings (SSSR count). The van der Waals surface area contributed by atoms with Crippen molar-refractivity contribution in [1.82, 2.24) is 5.32 Å². The predicted octanol–water partition coefficient (Wildman–Crippen LogP) is -15.7. The maximum Gasteiger partial charge on any atom is 0.187 e. The Morgan fingerprint density at radius 2 is 0.400 bits per heavy atom. The van der Waals surface area contributed by atoms with Crippen molar-refractivity contribution in [2.24, 2.45) is 5.73 Å². The molecule has 23 N–H and O–H groups in total. The summed E-state index contributed by atoms with van der Waals surface area (Å²) in [7, 11) is 0. The van der Waals surface area contributed by atoms with Crippen LogP contribution in [0.5, 0.6) is 0 Å². The largest absolute Gasteiger partial charge is 0.394 e. The summed E-state index contributed by atoms with van der Waals surface area (Å²) in [5.41, 5.74) is 5.66. The third-order valence-electron chi connectivity index (χ3n) is 15.3. The van der Waals surface area contributed by atoms with Crippen molar-refractivity contribution in [3.8, 4) is 0 Å². The fraction of sp³-hybridized carbons (Fsp3) is 1.00. The molecular formula is C44H76N2O34. The first-order valence-corrected chi connectivity index (χ1v) is 25.9. The van der Waals surface area contributed by atoms with Crippen molar-refractivity contribution in [3.63, 3.8) is 0 Å². The lowest BCUT2D eigenvalue weighted by Gasteiger charge is -2.50. The van der Waals surface area contributed by atoms with Gasteiger partial charge in [0.1, 0.15) is 171 Å². The number of nitrogens with one attached hydrogen (secondary N) is 1. The molecule has 0 aliphatic carbocycles. The maximum atomic E-state index is 11.6. The Labute approximate surface area is 453 Å². The summed E-state index contributed by atoms with van der Waals surface area (Å²) in [5.74, 6) is 0. The van der Waals surface area contributed by atoms with Gasteiger partial charge in [0.25, 0.3) is 0 Å². The number of nitrogens with two attached hydrogens (primary N) is 1. The molecule has 21 heterocycles. The van der Waals surface area contributed by atoms with Crippen LogP contribution in [0.4, 0.5) is 0 Å². The molecule has 0 aromatic carbocycles. The predicted molar refractivity (Wildman–Crippen MR) is 243 cm³/mol. The molecule has 36 heteroatoms. The zero-order valence-electron chi connectivity index (χ0n) is 42.3. The van der Waals surface area contributed by atoms with Crippen LogP contribution in [0.15, 0.2) is 0 Å². The van der Waals surface area contributed by atoms with Gasteiger partial charge in [0, 0.05) is 19.6 Å². The molecule has 21 saturated heterocycles. The van der Waals surface area contributed by atoms with E-state index in [2.05, 4.69) is 5.32 Å². The lowest BCUT2D eigenvalue weighted by molar-refractivity contribution is -0.396. The Kier molecular flexibility index (Phi) is 22.5. The lowest BCUT2D eigenvalue weighted by Crippen LogP contribution is -2.68. The van der Waals surface area contributed by atoms with Crippen molar-refractivity contribution in [2.75, 3.05) is 59.3 Å². The lowest BCUT2D eigenvalue weighted by atomic mass is 9.95. The second kappa shape index (κ2) is 27.9. The van der Waals surface area contributed by atoms with Crippen LogP contribution in [0.3, 0.4) is 0 Å². The van der Waals surface area contributed by atoms with Crippen LogP contribution < -0.4 is 11.1 Å². The summed E-state index contributed by atoms with van der Waals surface area (Å²) in [6.45, 7) is -6.27. The highest BCUT2D eigenvalue weighted by Gasteiger charge is 2.59. The van der Waals surface area contributed by atoms with Gasteiger partial charge in [-0.3, -0.25) is 0 Å². The van der Waals surface area contributed by atoms with E-state index in [0.29, 0.717) is 0 Å². The second-order valence-corrected chi connectivity index (χ2v) is 20.5. The minimum atomic E-state index is -2.20. The fourth-order valence-electron chi connectivity index (χ4n) is 10.8. The number of hydrogen-bond acceptors (Lipinski definition) is 36. The summed E-state index contributed by atoms with van der Waals surface area (Å²) < 4.78 is 80.7. The molecule has 21 aliphatic rings. The quantitative estimate of drug-likeness (QED) is 0.0903. The average molecular weight is 1180 g/mol. The highest BCUT2D eigenvalue weighted by atomic mass is 16.8. The molecule has 0 aromatic heterocycles. The van der Waals surface area contributed by atoms with Gasteiger partial charge in [-0.25, -0.2) is 0 Å². The standard InChI is InChI=1S/C44H76N2O34/c45-1-2-46-3-10-31-17(53)24(60)38(67-10)75-32-11(4-47)69-40(26(62)19(32)55)77-34-13(6-49)71-42(28(64)21(34)57)79-36-15(8-51)73-44(30(66)23(36)59)80-37-16(9-52)72-43(29(65)22(37)58)78-35-14(7-50)70-41(27(63)20(35)56)76-33-12(5-48)68-39(74-31)25(61)18(33)54/h10-44,46-66H,1-9,45H2. The van der Waals surface area contributed by atoms with Gasteiger partial charge < -0.3 is 179 Å². The molecule has 80 heavy (non-hydrogen) atoms. The van der Waals surface area contributed by atoms with E-state index in [1.54, 1.807) is 0 Å². The monoisotopic (exact) mass is 1180 g/mol. The minimum absolute atomic E-state index is 0.0733. The molecular weight excluding hydrogens is 1100 g/mol. The van der Waals surface area contributed by atoms with E-state index >= 15 is 0 Å². The number of aliphatic hydroxyl groups is 20. The molecule has 466 valence electrons. The Hall–Kier alpha value is -1.44. The first kappa shape index (κ1) is 64.6. The molecule has 21 fully saturated rings. The van der Waals surface area contributed by atoms with Gasteiger partial charge in [0.05, 0.1) is 39.6 Å². The number of hydrogen-bond donors (Lipinski definition) is 22. The third kappa shape index (κ3) is 13.0. The Morgan fingerprint density at radius 1 is 0.237 bits per heavy atom. The topological polar surface area (TPSA) is 572 Å². The van der Waals surface area contributed by atoms with Crippen LogP contribution in [0, 0.1) is 0 Å². The zero-order chi connectivity index (χ0) is 58.2. The SMILES string of the molecule is NCCNCC1OC2OC3C(CO)OC(OC4C(CO)OC(OC5C(CO)OC(OC6C(CO)OC(OC7C(CO)OC(OC8C(CO)OC(OC1C(O)C2O)C(O)C8O)C(O)C7O)C(O)C6O)C(O)C5O)C(O)C4O)C(O)C3O. The van der Waals surface area contributed by atoms with Gasteiger partial charge in [-0.05, 0) is 0 Å². The van der Waals surface area contributed by atoms with E-state index in [0.717, 1.165) is 0 Å². The maximum absolute atomic E-state index is 11.6. The van der Waals surface area contributed by atoms with Gasteiger partial charge in [-0.2, -0.15) is 0 Å². The summed E-state index contributed by atoms with van der Waals surface area (Å²) in [6, 6.07) is 0. The second-order valence-electron chi connectivity index (χ2n) is 20.5. The van der Waals surface area contributed by atoms with Gasteiger partial charge in [0.2, 0.25) is 0 Å². The van der Waals surface area contributed by atoms with Gasteiger partial charge in [-0.1, -0.05) is 0 Å². The smallest absolute Gasteiger partial charge is 0.187 e. The van der Waals surface area contributed by atoms with Crippen molar-refractivity contribution < 1.29 is 168 Å². The molecule has 36 nitrogen and oxygen atoms in total. The van der Waals surface area contributed by atoms with Crippen LogP contribution in [-0.2, 0) is 66.3 Å². The molecule has 14 bridgehead atoms. The summed E-state index contributed by atoms with van der Waals surface area (Å²) in [5, 5.41) is 225. The molecule has 0 amide bonds. The summed E-state index contributed by atoms with van der Waals surface area (Å²) in [4.78, 5) is 0.